The molecule has 6 heteroatoms. The minimum atomic E-state index is -0.719. The van der Waals surface area contributed by atoms with Gasteiger partial charge in [-0.2, -0.15) is 0 Å². The lowest BCUT2D eigenvalue weighted by molar-refractivity contribution is -0.118. The van der Waals surface area contributed by atoms with Crippen LogP contribution in [0, 0.1) is 11.7 Å². The topological polar surface area (TPSA) is 84.2 Å². The Balaban J connectivity index is 2.88. The molecule has 19 heavy (non-hydrogen) atoms. The van der Waals surface area contributed by atoms with Crippen LogP contribution in [0.4, 0.5) is 15.8 Å². The third-order valence-electron chi connectivity index (χ3n) is 2.57. The first-order valence-corrected chi connectivity index (χ1v) is 5.95. The summed E-state index contributed by atoms with van der Waals surface area (Å²) in [5.41, 5.74) is 6.07. The van der Waals surface area contributed by atoms with Crippen LogP contribution in [0.1, 0.15) is 20.8 Å². The first-order valence-electron chi connectivity index (χ1n) is 5.95. The summed E-state index contributed by atoms with van der Waals surface area (Å²) in [4.78, 5) is 22.7. The maximum Gasteiger partial charge on any atom is 0.241 e. The molecular formula is C13H18FN3O2. The molecule has 2 amide bonds. The maximum absolute atomic E-state index is 13.6. The number of nitrogens with two attached hydrogens (primary N) is 1. The fraction of sp³-hybridized carbons (Fsp3) is 0.385. The molecule has 1 aromatic carbocycles. The second kappa shape index (κ2) is 6.29. The quantitative estimate of drug-likeness (QED) is 0.776. The van der Waals surface area contributed by atoms with Gasteiger partial charge in [-0.1, -0.05) is 13.8 Å². The van der Waals surface area contributed by atoms with E-state index in [4.69, 9.17) is 5.73 Å². The molecule has 1 rings (SSSR count). The molecule has 0 saturated carbocycles. The molecule has 0 unspecified atom stereocenters. The van der Waals surface area contributed by atoms with Crippen LogP contribution in [-0.4, -0.2) is 17.9 Å². The molecule has 104 valence electrons. The average molecular weight is 267 g/mol. The lowest BCUT2D eigenvalue weighted by Gasteiger charge is -2.16. The predicted octanol–water partition coefficient (Wildman–Crippen LogP) is 1.71. The zero-order valence-corrected chi connectivity index (χ0v) is 11.2. The molecular weight excluding hydrogens is 249 g/mol. The van der Waals surface area contributed by atoms with E-state index in [0.29, 0.717) is 5.69 Å². The van der Waals surface area contributed by atoms with Crippen LogP contribution in [0.2, 0.25) is 0 Å². The molecule has 0 aliphatic carbocycles. The Morgan fingerprint density at radius 1 is 1.26 bits per heavy atom. The van der Waals surface area contributed by atoms with Crippen molar-refractivity contribution < 1.29 is 14.0 Å². The second-order valence-corrected chi connectivity index (χ2v) is 4.63. The van der Waals surface area contributed by atoms with Gasteiger partial charge in [0.1, 0.15) is 5.82 Å². The van der Waals surface area contributed by atoms with Crippen LogP contribution in [-0.2, 0) is 9.59 Å². The molecule has 0 aromatic heterocycles. The van der Waals surface area contributed by atoms with Crippen LogP contribution in [0.15, 0.2) is 18.2 Å². The first kappa shape index (κ1) is 15.1. The highest BCUT2D eigenvalue weighted by Crippen LogP contribution is 2.20. The van der Waals surface area contributed by atoms with Crippen molar-refractivity contribution in [3.8, 4) is 0 Å². The molecule has 0 spiro atoms. The summed E-state index contributed by atoms with van der Waals surface area (Å²) >= 11 is 0. The summed E-state index contributed by atoms with van der Waals surface area (Å²) in [7, 11) is 0. The van der Waals surface area contributed by atoms with Gasteiger partial charge < -0.3 is 16.4 Å². The van der Waals surface area contributed by atoms with E-state index < -0.39 is 17.8 Å². The van der Waals surface area contributed by atoms with E-state index in [-0.39, 0.29) is 17.5 Å². The van der Waals surface area contributed by atoms with Crippen molar-refractivity contribution in [2.24, 2.45) is 11.7 Å². The van der Waals surface area contributed by atoms with E-state index >= 15 is 0 Å². The molecule has 0 fully saturated rings. The Morgan fingerprint density at radius 3 is 2.42 bits per heavy atom. The lowest BCUT2D eigenvalue weighted by atomic mass is 10.0. The Hall–Kier alpha value is -1.95. The van der Waals surface area contributed by atoms with E-state index in [2.05, 4.69) is 10.6 Å². The summed E-state index contributed by atoms with van der Waals surface area (Å²) in [5, 5.41) is 4.92. The average Bonchev–Trinajstić information content (AvgIpc) is 2.31. The summed E-state index contributed by atoms with van der Waals surface area (Å²) in [6.45, 7) is 4.94. The molecule has 1 aromatic rings. The molecule has 0 bridgehead atoms. The van der Waals surface area contributed by atoms with Crippen LogP contribution in [0.5, 0.6) is 0 Å². The molecule has 0 radical (unpaired) electrons. The second-order valence-electron chi connectivity index (χ2n) is 4.63. The zero-order valence-electron chi connectivity index (χ0n) is 11.2. The highest BCUT2D eigenvalue weighted by molar-refractivity contribution is 5.96. The number of nitrogens with one attached hydrogen (secondary N) is 2. The number of anilines is 2. The van der Waals surface area contributed by atoms with Gasteiger partial charge in [-0.25, -0.2) is 4.39 Å². The zero-order chi connectivity index (χ0) is 14.6. The van der Waals surface area contributed by atoms with Gasteiger partial charge in [-0.05, 0) is 24.1 Å². The fourth-order valence-corrected chi connectivity index (χ4v) is 1.42. The largest absolute Gasteiger partial charge is 0.326 e. The number of benzene rings is 1. The van der Waals surface area contributed by atoms with Crippen LogP contribution >= 0.6 is 0 Å². The predicted molar refractivity (Wildman–Crippen MR) is 72.1 cm³/mol. The van der Waals surface area contributed by atoms with Crippen molar-refractivity contribution in [1.29, 1.82) is 0 Å². The van der Waals surface area contributed by atoms with E-state index in [1.165, 1.54) is 25.1 Å². The standard InChI is InChI=1S/C13H18FN3O2/c1-7(2)12(15)13(19)17-11-6-9(16-8(3)18)4-5-10(11)14/h4-7,12H,15H2,1-3H3,(H,16,18)(H,17,19)/t12-/m0/s1. The van der Waals surface area contributed by atoms with Crippen LogP contribution < -0.4 is 16.4 Å². The van der Waals surface area contributed by atoms with Gasteiger partial charge in [-0.3, -0.25) is 9.59 Å². The van der Waals surface area contributed by atoms with Gasteiger partial charge in [0, 0.05) is 12.6 Å². The minimum Gasteiger partial charge on any atom is -0.326 e. The molecule has 5 nitrogen and oxygen atoms in total. The molecule has 4 N–H and O–H groups in total. The number of amides is 2. The number of halogens is 1. The van der Waals surface area contributed by atoms with Crippen molar-refractivity contribution in [3.05, 3.63) is 24.0 Å². The maximum atomic E-state index is 13.6. The van der Waals surface area contributed by atoms with Gasteiger partial charge in [0.2, 0.25) is 11.8 Å². The summed E-state index contributed by atoms with van der Waals surface area (Å²) < 4.78 is 13.6. The van der Waals surface area contributed by atoms with E-state index in [9.17, 15) is 14.0 Å². The Labute approximate surface area is 111 Å². The molecule has 0 aliphatic heterocycles. The molecule has 0 saturated heterocycles. The van der Waals surface area contributed by atoms with E-state index in [1.807, 2.05) is 0 Å². The number of carbonyl (C=O) groups excluding carboxylic acids is 2. The molecule has 1 atom stereocenters. The smallest absolute Gasteiger partial charge is 0.241 e. The van der Waals surface area contributed by atoms with Crippen molar-refractivity contribution >= 4 is 23.2 Å². The molecule has 0 heterocycles. The van der Waals surface area contributed by atoms with Crippen molar-refractivity contribution in [2.45, 2.75) is 26.8 Å². The van der Waals surface area contributed by atoms with Gasteiger partial charge in [0.05, 0.1) is 11.7 Å². The normalized spacial score (nSPS) is 12.1. The van der Waals surface area contributed by atoms with Gasteiger partial charge in [0.25, 0.3) is 0 Å². The van der Waals surface area contributed by atoms with Gasteiger partial charge in [0.15, 0.2) is 0 Å². The number of hydrogen-bond acceptors (Lipinski definition) is 3. The van der Waals surface area contributed by atoms with Crippen LogP contribution in [0.25, 0.3) is 0 Å². The van der Waals surface area contributed by atoms with Crippen molar-refractivity contribution in [3.63, 3.8) is 0 Å². The highest BCUT2D eigenvalue weighted by atomic mass is 19.1. The Bertz CT molecular complexity index is 489. The van der Waals surface area contributed by atoms with Crippen molar-refractivity contribution in [1.82, 2.24) is 0 Å². The fourth-order valence-electron chi connectivity index (χ4n) is 1.42. The lowest BCUT2D eigenvalue weighted by Crippen LogP contribution is -2.39. The SMILES string of the molecule is CC(=O)Nc1ccc(F)c(NC(=O)[C@@H](N)C(C)C)c1. The number of hydrogen-bond donors (Lipinski definition) is 3. The summed E-state index contributed by atoms with van der Waals surface area (Å²) in [6, 6.07) is 3.21. The van der Waals surface area contributed by atoms with Gasteiger partial charge in [-0.15, -0.1) is 0 Å². The number of rotatable bonds is 4. The summed E-state index contributed by atoms with van der Waals surface area (Å²) in [6.07, 6.45) is 0. The molecule has 0 aliphatic rings. The first-order chi connectivity index (χ1) is 8.81. The third-order valence-corrected chi connectivity index (χ3v) is 2.57. The Kier molecular flexibility index (Phi) is 5.00. The Morgan fingerprint density at radius 2 is 1.89 bits per heavy atom. The minimum absolute atomic E-state index is 0.00708. The van der Waals surface area contributed by atoms with E-state index in [0.717, 1.165) is 0 Å². The van der Waals surface area contributed by atoms with Crippen molar-refractivity contribution in [2.75, 3.05) is 10.6 Å². The van der Waals surface area contributed by atoms with E-state index in [1.54, 1.807) is 13.8 Å². The highest BCUT2D eigenvalue weighted by Gasteiger charge is 2.18. The monoisotopic (exact) mass is 267 g/mol. The van der Waals surface area contributed by atoms with Crippen LogP contribution in [0.3, 0.4) is 0 Å². The van der Waals surface area contributed by atoms with Gasteiger partial charge >= 0.3 is 0 Å². The third kappa shape index (κ3) is 4.33. The number of carbonyl (C=O) groups is 2. The summed E-state index contributed by atoms with van der Waals surface area (Å²) in [5.74, 6) is -1.38.